The van der Waals surface area contributed by atoms with Crippen LogP contribution in [-0.2, 0) is 15.9 Å². The lowest BCUT2D eigenvalue weighted by Crippen LogP contribution is -2.53. The second-order valence-electron chi connectivity index (χ2n) is 5.11. The van der Waals surface area contributed by atoms with Crippen LogP contribution in [0, 0.1) is 6.92 Å². The average Bonchev–Trinajstić information content (AvgIpc) is 2.80. The van der Waals surface area contributed by atoms with Crippen LogP contribution in [0.4, 0.5) is 0 Å². The van der Waals surface area contributed by atoms with Gasteiger partial charge in [0.1, 0.15) is 0 Å². The maximum absolute atomic E-state index is 12.7. The standard InChI is InChI=1S/C12H21ClN4O2S/c1-4-16-5-6-17(8-9(16)2)20(18,19)12-11(7-13)10(3)14-15-12/h9H,4-8H2,1-3H3,(H,14,15). The molecule has 6 nitrogen and oxygen atoms in total. The SMILES string of the molecule is CCN1CCN(S(=O)(=O)c2n[nH]c(C)c2CCl)CC1C. The molecule has 1 saturated heterocycles. The van der Waals surface area contributed by atoms with Crippen LogP contribution in [0.5, 0.6) is 0 Å². The Morgan fingerprint density at radius 2 is 2.15 bits per heavy atom. The lowest BCUT2D eigenvalue weighted by molar-refractivity contribution is 0.135. The summed E-state index contributed by atoms with van der Waals surface area (Å²) >= 11 is 5.85. The van der Waals surface area contributed by atoms with E-state index in [9.17, 15) is 8.42 Å². The van der Waals surface area contributed by atoms with Crippen molar-refractivity contribution in [2.45, 2.75) is 37.7 Å². The summed E-state index contributed by atoms with van der Waals surface area (Å²) in [6.07, 6.45) is 0. The highest BCUT2D eigenvalue weighted by atomic mass is 35.5. The van der Waals surface area contributed by atoms with Crippen LogP contribution in [0.15, 0.2) is 5.03 Å². The Kier molecular flexibility index (Phi) is 4.73. The Bertz CT molecular complexity index is 572. The molecule has 0 aliphatic carbocycles. The smallest absolute Gasteiger partial charge is 0.262 e. The molecule has 1 fully saturated rings. The van der Waals surface area contributed by atoms with E-state index in [1.165, 1.54) is 4.31 Å². The molecule has 0 amide bonds. The molecule has 0 bridgehead atoms. The Hall–Kier alpha value is -0.630. The van der Waals surface area contributed by atoms with Gasteiger partial charge < -0.3 is 0 Å². The first-order valence-corrected chi connectivity index (χ1v) is 8.73. The van der Waals surface area contributed by atoms with E-state index in [2.05, 4.69) is 22.0 Å². The number of alkyl halides is 1. The highest BCUT2D eigenvalue weighted by molar-refractivity contribution is 7.89. The molecule has 2 rings (SSSR count). The first-order valence-electron chi connectivity index (χ1n) is 6.75. The van der Waals surface area contributed by atoms with Gasteiger partial charge in [-0.3, -0.25) is 10.00 Å². The molecule has 1 atom stereocenters. The number of nitrogens with one attached hydrogen (secondary N) is 1. The van der Waals surface area contributed by atoms with Gasteiger partial charge in [0.2, 0.25) is 0 Å². The van der Waals surface area contributed by atoms with Crippen LogP contribution in [-0.4, -0.2) is 60.0 Å². The molecule has 1 N–H and O–H groups in total. The summed E-state index contributed by atoms with van der Waals surface area (Å²) in [5, 5.41) is 6.73. The van der Waals surface area contributed by atoms with Crippen LogP contribution in [0.25, 0.3) is 0 Å². The van der Waals surface area contributed by atoms with Gasteiger partial charge in [-0.05, 0) is 20.4 Å². The fourth-order valence-electron chi connectivity index (χ4n) is 2.57. The zero-order chi connectivity index (χ0) is 14.9. The van der Waals surface area contributed by atoms with Gasteiger partial charge in [0.05, 0.1) is 5.88 Å². The minimum Gasteiger partial charge on any atom is -0.298 e. The van der Waals surface area contributed by atoms with Crippen LogP contribution in [0.2, 0.25) is 0 Å². The molecule has 0 radical (unpaired) electrons. The molecule has 0 aromatic carbocycles. The van der Waals surface area contributed by atoms with E-state index in [4.69, 9.17) is 11.6 Å². The number of nitrogens with zero attached hydrogens (tertiary/aromatic N) is 3. The summed E-state index contributed by atoms with van der Waals surface area (Å²) in [4.78, 5) is 2.27. The van der Waals surface area contributed by atoms with Gasteiger partial charge in [-0.25, -0.2) is 8.42 Å². The van der Waals surface area contributed by atoms with E-state index in [0.29, 0.717) is 24.3 Å². The molecule has 1 aliphatic rings. The van der Waals surface area contributed by atoms with Gasteiger partial charge >= 0.3 is 0 Å². The topological polar surface area (TPSA) is 69.3 Å². The van der Waals surface area contributed by atoms with Gasteiger partial charge in [0.15, 0.2) is 5.03 Å². The number of halogens is 1. The van der Waals surface area contributed by atoms with Crippen molar-refractivity contribution in [3.63, 3.8) is 0 Å². The van der Waals surface area contributed by atoms with Crippen LogP contribution in [0.1, 0.15) is 25.1 Å². The van der Waals surface area contributed by atoms with Crippen molar-refractivity contribution in [1.29, 1.82) is 0 Å². The molecule has 1 unspecified atom stereocenters. The number of H-pyrrole nitrogens is 1. The molecule has 0 saturated carbocycles. The van der Waals surface area contributed by atoms with Crippen LogP contribution < -0.4 is 0 Å². The Morgan fingerprint density at radius 1 is 1.45 bits per heavy atom. The third-order valence-corrected chi connectivity index (χ3v) is 5.99. The number of aromatic nitrogens is 2. The Balaban J connectivity index is 2.27. The van der Waals surface area contributed by atoms with Crippen molar-refractivity contribution in [2.75, 3.05) is 26.2 Å². The maximum Gasteiger partial charge on any atom is 0.262 e. The summed E-state index contributed by atoms with van der Waals surface area (Å²) in [5.41, 5.74) is 1.27. The minimum atomic E-state index is -3.57. The second-order valence-corrected chi connectivity index (χ2v) is 7.23. The zero-order valence-electron chi connectivity index (χ0n) is 12.1. The fourth-order valence-corrected chi connectivity index (χ4v) is 4.66. The number of rotatable bonds is 4. The van der Waals surface area contributed by atoms with Crippen molar-refractivity contribution in [2.24, 2.45) is 0 Å². The largest absolute Gasteiger partial charge is 0.298 e. The van der Waals surface area contributed by atoms with E-state index < -0.39 is 10.0 Å². The quantitative estimate of drug-likeness (QED) is 0.846. The second kappa shape index (κ2) is 6.01. The van der Waals surface area contributed by atoms with Gasteiger partial charge in [0, 0.05) is 36.9 Å². The van der Waals surface area contributed by atoms with E-state index in [1.807, 2.05) is 6.92 Å². The van der Waals surface area contributed by atoms with Gasteiger partial charge in [0.25, 0.3) is 10.0 Å². The number of aryl methyl sites for hydroxylation is 1. The molecule has 8 heteroatoms. The lowest BCUT2D eigenvalue weighted by atomic mass is 10.2. The molecule has 0 spiro atoms. The summed E-state index contributed by atoms with van der Waals surface area (Å²) in [6.45, 7) is 8.58. The number of hydrogen-bond donors (Lipinski definition) is 1. The lowest BCUT2D eigenvalue weighted by Gasteiger charge is -2.38. The third-order valence-electron chi connectivity index (χ3n) is 3.89. The van der Waals surface area contributed by atoms with Gasteiger partial charge in [-0.2, -0.15) is 9.40 Å². The van der Waals surface area contributed by atoms with Crippen LogP contribution >= 0.6 is 11.6 Å². The summed E-state index contributed by atoms with van der Waals surface area (Å²) in [5.74, 6) is 0.140. The monoisotopic (exact) mass is 320 g/mol. The Labute approximate surface area is 125 Å². The van der Waals surface area contributed by atoms with Crippen LogP contribution in [0.3, 0.4) is 0 Å². The summed E-state index contributed by atoms with van der Waals surface area (Å²) in [6, 6.07) is 0.211. The molecule has 1 aromatic rings. The number of aromatic amines is 1. The van der Waals surface area contributed by atoms with E-state index >= 15 is 0 Å². The fraction of sp³-hybridized carbons (Fsp3) is 0.750. The molecule has 2 heterocycles. The zero-order valence-corrected chi connectivity index (χ0v) is 13.6. The van der Waals surface area contributed by atoms with E-state index in [-0.39, 0.29) is 16.9 Å². The summed E-state index contributed by atoms with van der Waals surface area (Å²) in [7, 11) is -3.57. The number of piperazine rings is 1. The molecule has 1 aromatic heterocycles. The maximum atomic E-state index is 12.7. The highest BCUT2D eigenvalue weighted by Crippen LogP contribution is 2.24. The normalized spacial score (nSPS) is 22.3. The van der Waals surface area contributed by atoms with E-state index in [0.717, 1.165) is 13.1 Å². The predicted octanol–water partition coefficient (Wildman–Crippen LogP) is 1.17. The van der Waals surface area contributed by atoms with Crippen molar-refractivity contribution in [3.8, 4) is 0 Å². The van der Waals surface area contributed by atoms with Crippen molar-refractivity contribution in [3.05, 3.63) is 11.3 Å². The van der Waals surface area contributed by atoms with Crippen molar-refractivity contribution in [1.82, 2.24) is 19.4 Å². The number of hydrogen-bond acceptors (Lipinski definition) is 4. The molecule has 114 valence electrons. The molecule has 1 aliphatic heterocycles. The first kappa shape index (κ1) is 15.8. The first-order chi connectivity index (χ1) is 9.41. The Morgan fingerprint density at radius 3 is 2.70 bits per heavy atom. The third kappa shape index (κ3) is 2.72. The van der Waals surface area contributed by atoms with Gasteiger partial charge in [-0.15, -0.1) is 11.6 Å². The highest BCUT2D eigenvalue weighted by Gasteiger charge is 2.34. The average molecular weight is 321 g/mol. The van der Waals surface area contributed by atoms with Gasteiger partial charge in [-0.1, -0.05) is 6.92 Å². The number of likely N-dealkylation sites (N-methyl/N-ethyl adjacent to an activating group) is 1. The molecular formula is C12H21ClN4O2S. The number of sulfonamides is 1. The molecular weight excluding hydrogens is 300 g/mol. The predicted molar refractivity (Wildman–Crippen MR) is 78.3 cm³/mol. The molecule has 20 heavy (non-hydrogen) atoms. The van der Waals surface area contributed by atoms with Crippen molar-refractivity contribution >= 4 is 21.6 Å². The van der Waals surface area contributed by atoms with E-state index in [1.54, 1.807) is 6.92 Å². The van der Waals surface area contributed by atoms with Crippen molar-refractivity contribution < 1.29 is 8.42 Å². The minimum absolute atomic E-state index is 0.0714. The summed E-state index contributed by atoms with van der Waals surface area (Å²) < 4.78 is 26.9.